The smallest absolute Gasteiger partial charge is 0.154 e. The van der Waals surface area contributed by atoms with E-state index in [0.717, 1.165) is 12.0 Å². The van der Waals surface area contributed by atoms with Crippen LogP contribution in [-0.2, 0) is 4.79 Å². The fourth-order valence-corrected chi connectivity index (χ4v) is 0.999. The molecule has 1 heterocycles. The maximum atomic E-state index is 10.0. The fraction of sp³-hybridized carbons (Fsp3) is 0.500. The van der Waals surface area contributed by atoms with E-state index in [2.05, 4.69) is 10.5 Å². The average molecular weight is 130 g/mol. The Kier molecular flexibility index (Phi) is 1.91. The van der Waals surface area contributed by atoms with E-state index in [1.165, 1.54) is 11.8 Å². The summed E-state index contributed by atoms with van der Waals surface area (Å²) in [5.74, 6) is 0.830. The Hall–Kier alpha value is -0.510. The van der Waals surface area contributed by atoms with Gasteiger partial charge in [0.25, 0.3) is 0 Å². The minimum atomic E-state index is -0.125. The van der Waals surface area contributed by atoms with Gasteiger partial charge < -0.3 is 4.79 Å². The van der Waals surface area contributed by atoms with Gasteiger partial charge >= 0.3 is 0 Å². The summed E-state index contributed by atoms with van der Waals surface area (Å²) in [5.41, 5.74) is 2.63. The van der Waals surface area contributed by atoms with Gasteiger partial charge in [0.2, 0.25) is 0 Å². The van der Waals surface area contributed by atoms with Crippen molar-refractivity contribution in [3.05, 3.63) is 0 Å². The lowest BCUT2D eigenvalue weighted by Gasteiger charge is -2.10. The van der Waals surface area contributed by atoms with Crippen LogP contribution in [-0.4, -0.2) is 23.6 Å². The van der Waals surface area contributed by atoms with E-state index in [0.29, 0.717) is 0 Å². The molecule has 0 aliphatic carbocycles. The van der Waals surface area contributed by atoms with Crippen LogP contribution in [0.25, 0.3) is 0 Å². The van der Waals surface area contributed by atoms with Crippen LogP contribution in [0.3, 0.4) is 0 Å². The average Bonchev–Trinajstić information content (AvgIpc) is 1.90. The van der Waals surface area contributed by atoms with Gasteiger partial charge in [-0.2, -0.15) is 5.10 Å². The van der Waals surface area contributed by atoms with Crippen molar-refractivity contribution in [1.82, 2.24) is 5.43 Å². The van der Waals surface area contributed by atoms with E-state index in [-0.39, 0.29) is 5.37 Å². The first-order valence-corrected chi connectivity index (χ1v) is 3.32. The van der Waals surface area contributed by atoms with E-state index in [9.17, 15) is 4.79 Å². The number of carbonyl (C=O) groups excluding carboxylic acids is 1. The quantitative estimate of drug-likeness (QED) is 0.501. The van der Waals surface area contributed by atoms with Gasteiger partial charge in [-0.25, -0.2) is 0 Å². The Balaban J connectivity index is 2.37. The first-order chi connectivity index (χ1) is 3.93. The first kappa shape index (κ1) is 5.62. The third-order valence-electron chi connectivity index (χ3n) is 0.767. The van der Waals surface area contributed by atoms with Crippen molar-refractivity contribution in [1.29, 1.82) is 0 Å². The molecule has 1 aliphatic rings. The third-order valence-corrected chi connectivity index (χ3v) is 1.68. The number of nitrogens with zero attached hydrogens (tertiary/aromatic N) is 1. The van der Waals surface area contributed by atoms with Gasteiger partial charge in [0, 0.05) is 12.0 Å². The molecule has 8 heavy (non-hydrogen) atoms. The summed E-state index contributed by atoms with van der Waals surface area (Å²) in [7, 11) is 0. The predicted molar refractivity (Wildman–Crippen MR) is 33.9 cm³/mol. The Morgan fingerprint density at radius 1 is 2.00 bits per heavy atom. The van der Waals surface area contributed by atoms with Crippen molar-refractivity contribution < 1.29 is 4.79 Å². The van der Waals surface area contributed by atoms with Gasteiger partial charge in [0.15, 0.2) is 6.29 Å². The molecule has 0 saturated heterocycles. The monoisotopic (exact) mass is 130 g/mol. The lowest BCUT2D eigenvalue weighted by molar-refractivity contribution is -0.107. The van der Waals surface area contributed by atoms with Crippen LogP contribution in [0.5, 0.6) is 0 Å². The Bertz CT molecular complexity index is 115. The number of thioether (sulfide) groups is 1. The van der Waals surface area contributed by atoms with Crippen LogP contribution in [0.1, 0.15) is 0 Å². The van der Waals surface area contributed by atoms with E-state index >= 15 is 0 Å². The molecular weight excluding hydrogens is 124 g/mol. The van der Waals surface area contributed by atoms with Crippen LogP contribution in [0.2, 0.25) is 0 Å². The topological polar surface area (TPSA) is 41.5 Å². The van der Waals surface area contributed by atoms with Crippen LogP contribution < -0.4 is 5.43 Å². The van der Waals surface area contributed by atoms with Gasteiger partial charge in [0.1, 0.15) is 5.37 Å². The van der Waals surface area contributed by atoms with Gasteiger partial charge in [-0.05, 0) is 0 Å². The molecular formula is C4H6N2OS. The highest BCUT2D eigenvalue weighted by Crippen LogP contribution is 2.06. The Morgan fingerprint density at radius 3 is 3.25 bits per heavy atom. The molecule has 4 heteroatoms. The van der Waals surface area contributed by atoms with Crippen molar-refractivity contribution in [3.63, 3.8) is 0 Å². The molecule has 1 rings (SSSR count). The van der Waals surface area contributed by atoms with Gasteiger partial charge in [-0.1, -0.05) is 0 Å². The molecule has 0 bridgehead atoms. The highest BCUT2D eigenvalue weighted by Gasteiger charge is 2.06. The molecule has 44 valence electrons. The summed E-state index contributed by atoms with van der Waals surface area (Å²) in [4.78, 5) is 10.0. The summed E-state index contributed by atoms with van der Waals surface area (Å²) < 4.78 is 0. The zero-order chi connectivity index (χ0) is 5.82. The zero-order valence-electron chi connectivity index (χ0n) is 4.20. The molecule has 0 radical (unpaired) electrons. The minimum Gasteiger partial charge on any atom is -0.300 e. The minimum absolute atomic E-state index is 0.125. The summed E-state index contributed by atoms with van der Waals surface area (Å²) >= 11 is 1.53. The van der Waals surface area contributed by atoms with E-state index in [1.807, 2.05) is 0 Å². The van der Waals surface area contributed by atoms with Crippen LogP contribution in [0.15, 0.2) is 5.10 Å². The van der Waals surface area contributed by atoms with Gasteiger partial charge in [0.05, 0.1) is 0 Å². The molecule has 0 spiro atoms. The second-order valence-electron chi connectivity index (χ2n) is 1.33. The SMILES string of the molecule is O=CC1NN=CCS1. The zero-order valence-corrected chi connectivity index (χ0v) is 5.02. The first-order valence-electron chi connectivity index (χ1n) is 2.27. The van der Waals surface area contributed by atoms with Crippen molar-refractivity contribution in [2.45, 2.75) is 5.37 Å². The largest absolute Gasteiger partial charge is 0.300 e. The molecule has 1 atom stereocenters. The highest BCUT2D eigenvalue weighted by atomic mass is 32.2. The second-order valence-corrected chi connectivity index (χ2v) is 2.51. The molecule has 0 saturated carbocycles. The van der Waals surface area contributed by atoms with Crippen LogP contribution in [0, 0.1) is 0 Å². The molecule has 3 nitrogen and oxygen atoms in total. The highest BCUT2D eigenvalue weighted by molar-refractivity contribution is 8.01. The fourth-order valence-electron chi connectivity index (χ4n) is 0.417. The number of nitrogens with one attached hydrogen (secondary N) is 1. The third kappa shape index (κ3) is 1.23. The van der Waals surface area contributed by atoms with Crippen molar-refractivity contribution in [2.24, 2.45) is 5.10 Å². The van der Waals surface area contributed by atoms with Gasteiger partial charge in [-0.3, -0.25) is 5.43 Å². The number of rotatable bonds is 1. The molecule has 0 amide bonds. The number of hydrogen-bond donors (Lipinski definition) is 1. The standard InChI is InChI=1S/C4H6N2OS/c7-3-4-6-5-1-2-8-4/h1,3-4,6H,2H2. The Labute approximate surface area is 51.5 Å². The summed E-state index contributed by atoms with van der Waals surface area (Å²) in [6.45, 7) is 0. The molecule has 1 aliphatic heterocycles. The van der Waals surface area contributed by atoms with E-state index in [4.69, 9.17) is 0 Å². The summed E-state index contributed by atoms with van der Waals surface area (Å²) in [6.07, 6.45) is 2.59. The second kappa shape index (κ2) is 2.71. The lowest BCUT2D eigenvalue weighted by atomic mass is 10.7. The van der Waals surface area contributed by atoms with Crippen molar-refractivity contribution >= 4 is 24.3 Å². The van der Waals surface area contributed by atoms with Crippen molar-refractivity contribution in [3.8, 4) is 0 Å². The van der Waals surface area contributed by atoms with Gasteiger partial charge in [-0.15, -0.1) is 11.8 Å². The summed E-state index contributed by atoms with van der Waals surface area (Å²) in [6, 6.07) is 0. The molecule has 0 aromatic carbocycles. The van der Waals surface area contributed by atoms with Crippen LogP contribution in [0.4, 0.5) is 0 Å². The molecule has 0 aromatic rings. The molecule has 1 N–H and O–H groups in total. The van der Waals surface area contributed by atoms with Crippen LogP contribution >= 0.6 is 11.8 Å². The number of hydrogen-bond acceptors (Lipinski definition) is 4. The Morgan fingerprint density at radius 2 is 2.88 bits per heavy atom. The van der Waals surface area contributed by atoms with Crippen molar-refractivity contribution in [2.75, 3.05) is 5.75 Å². The summed E-state index contributed by atoms with van der Waals surface area (Å²) in [5, 5.41) is 3.58. The lowest BCUT2D eigenvalue weighted by Crippen LogP contribution is -2.26. The van der Waals surface area contributed by atoms with E-state index < -0.39 is 0 Å². The maximum absolute atomic E-state index is 10.0. The number of hydrazone groups is 1. The van der Waals surface area contributed by atoms with E-state index in [1.54, 1.807) is 6.21 Å². The predicted octanol–water partition coefficient (Wildman–Crippen LogP) is -0.166. The maximum Gasteiger partial charge on any atom is 0.154 e. The number of carbonyl (C=O) groups is 1. The number of aldehydes is 1. The normalized spacial score (nSPS) is 26.8. The molecule has 1 unspecified atom stereocenters. The molecule has 0 fully saturated rings. The molecule has 0 aromatic heterocycles.